The van der Waals surface area contributed by atoms with E-state index in [9.17, 15) is 4.79 Å². The highest BCUT2D eigenvalue weighted by Crippen LogP contribution is 2.43. The van der Waals surface area contributed by atoms with Gasteiger partial charge in [0, 0.05) is 16.2 Å². The van der Waals surface area contributed by atoms with Gasteiger partial charge in [0.2, 0.25) is 5.91 Å². The zero-order valence-electron chi connectivity index (χ0n) is 9.55. The number of amides is 1. The van der Waals surface area contributed by atoms with Gasteiger partial charge in [0.05, 0.1) is 6.42 Å². The summed E-state index contributed by atoms with van der Waals surface area (Å²) in [4.78, 5) is 11.5. The van der Waals surface area contributed by atoms with Crippen LogP contribution in [0.5, 0.6) is 0 Å². The highest BCUT2D eigenvalue weighted by Gasteiger charge is 2.36. The van der Waals surface area contributed by atoms with E-state index in [1.165, 1.54) is 0 Å². The van der Waals surface area contributed by atoms with Crippen LogP contribution in [0.2, 0.25) is 5.02 Å². The van der Waals surface area contributed by atoms with Crippen molar-refractivity contribution < 1.29 is 4.79 Å². The maximum absolute atomic E-state index is 11.5. The fourth-order valence-corrected chi connectivity index (χ4v) is 3.22. The number of carbonyl (C=O) groups excluding carboxylic acids is 1. The predicted molar refractivity (Wildman–Crippen MR) is 68.1 cm³/mol. The predicted octanol–water partition coefficient (Wildman–Crippen LogP) is 2.56. The fraction of sp³-hybridized carbons (Fsp3) is 0.462. The Balaban J connectivity index is 2.14. The third kappa shape index (κ3) is 1.74. The van der Waals surface area contributed by atoms with Gasteiger partial charge in [0.15, 0.2) is 0 Å². The van der Waals surface area contributed by atoms with Crippen LogP contribution in [-0.4, -0.2) is 5.91 Å². The van der Waals surface area contributed by atoms with Crippen LogP contribution in [0, 0.1) is 0 Å². The quantitative estimate of drug-likeness (QED) is 0.805. The Morgan fingerprint density at radius 1 is 1.29 bits per heavy atom. The largest absolute Gasteiger partial charge is 0.325 e. The number of halogens is 1. The van der Waals surface area contributed by atoms with Gasteiger partial charge in [0.25, 0.3) is 0 Å². The van der Waals surface area contributed by atoms with Crippen LogP contribution in [-0.2, 0) is 16.8 Å². The average Bonchev–Trinajstić information content (AvgIpc) is 2.83. The zero-order valence-corrected chi connectivity index (χ0v) is 10.3. The molecule has 4 heteroatoms. The number of hydrogen-bond donors (Lipinski definition) is 2. The van der Waals surface area contributed by atoms with E-state index in [0.29, 0.717) is 11.4 Å². The number of anilines is 1. The van der Waals surface area contributed by atoms with Gasteiger partial charge in [0.1, 0.15) is 0 Å². The van der Waals surface area contributed by atoms with Crippen LogP contribution in [0.3, 0.4) is 0 Å². The molecule has 0 atom stereocenters. The van der Waals surface area contributed by atoms with Gasteiger partial charge in [-0.15, -0.1) is 0 Å². The van der Waals surface area contributed by atoms with E-state index in [4.69, 9.17) is 17.3 Å². The van der Waals surface area contributed by atoms with Crippen molar-refractivity contribution in [3.63, 3.8) is 0 Å². The van der Waals surface area contributed by atoms with E-state index in [-0.39, 0.29) is 11.4 Å². The van der Waals surface area contributed by atoms with Gasteiger partial charge in [-0.25, -0.2) is 0 Å². The highest BCUT2D eigenvalue weighted by molar-refractivity contribution is 6.31. The minimum Gasteiger partial charge on any atom is -0.325 e. The maximum atomic E-state index is 11.5. The number of fused-ring (bicyclic) bond motifs is 1. The second kappa shape index (κ2) is 3.72. The number of carbonyl (C=O) groups is 1. The Kier molecular flexibility index (Phi) is 2.42. The Hall–Kier alpha value is -1.06. The SMILES string of the molecule is NC1(c2cc(Cl)cc3c2NC(=O)C3)CCCC1. The lowest BCUT2D eigenvalue weighted by Crippen LogP contribution is -2.34. The summed E-state index contributed by atoms with van der Waals surface area (Å²) in [6.45, 7) is 0. The maximum Gasteiger partial charge on any atom is 0.228 e. The second-order valence-electron chi connectivity index (χ2n) is 5.08. The monoisotopic (exact) mass is 250 g/mol. The molecule has 0 radical (unpaired) electrons. The molecule has 0 unspecified atom stereocenters. The van der Waals surface area contributed by atoms with Gasteiger partial charge >= 0.3 is 0 Å². The molecular weight excluding hydrogens is 236 g/mol. The van der Waals surface area contributed by atoms with Gasteiger partial charge in [-0.1, -0.05) is 24.4 Å². The van der Waals surface area contributed by atoms with Crippen molar-refractivity contribution in [2.45, 2.75) is 37.6 Å². The van der Waals surface area contributed by atoms with E-state index in [2.05, 4.69) is 5.32 Å². The molecule has 1 fully saturated rings. The van der Waals surface area contributed by atoms with Gasteiger partial charge < -0.3 is 11.1 Å². The molecular formula is C13H15ClN2O. The Morgan fingerprint density at radius 2 is 2.00 bits per heavy atom. The summed E-state index contributed by atoms with van der Waals surface area (Å²) in [5, 5.41) is 3.59. The minimum atomic E-state index is -0.313. The van der Waals surface area contributed by atoms with Crippen molar-refractivity contribution in [3.8, 4) is 0 Å². The molecule has 0 spiro atoms. The summed E-state index contributed by atoms with van der Waals surface area (Å²) in [6.07, 6.45) is 4.64. The first kappa shape index (κ1) is 11.1. The van der Waals surface area contributed by atoms with Crippen LogP contribution in [0.25, 0.3) is 0 Å². The molecule has 1 aliphatic heterocycles. The average molecular weight is 251 g/mol. The summed E-state index contributed by atoms with van der Waals surface area (Å²) < 4.78 is 0. The summed E-state index contributed by atoms with van der Waals surface area (Å²) in [5.74, 6) is 0.0325. The topological polar surface area (TPSA) is 55.1 Å². The van der Waals surface area contributed by atoms with Crippen LogP contribution < -0.4 is 11.1 Å². The van der Waals surface area contributed by atoms with E-state index in [1.807, 2.05) is 12.1 Å². The number of rotatable bonds is 1. The minimum absolute atomic E-state index is 0.0325. The van der Waals surface area contributed by atoms with E-state index in [0.717, 1.165) is 42.5 Å². The van der Waals surface area contributed by atoms with Crippen molar-refractivity contribution in [2.75, 3.05) is 5.32 Å². The molecule has 1 aromatic rings. The fourth-order valence-electron chi connectivity index (χ4n) is 2.97. The molecule has 0 saturated heterocycles. The Morgan fingerprint density at radius 3 is 2.71 bits per heavy atom. The number of nitrogens with one attached hydrogen (secondary N) is 1. The Bertz CT molecular complexity index is 492. The number of benzene rings is 1. The van der Waals surface area contributed by atoms with Gasteiger partial charge in [-0.05, 0) is 36.1 Å². The van der Waals surface area contributed by atoms with Crippen molar-refractivity contribution in [2.24, 2.45) is 5.73 Å². The summed E-state index contributed by atoms with van der Waals surface area (Å²) in [6, 6.07) is 3.77. The van der Waals surface area contributed by atoms with Crippen molar-refractivity contribution in [3.05, 3.63) is 28.3 Å². The van der Waals surface area contributed by atoms with E-state index in [1.54, 1.807) is 0 Å². The molecule has 2 aliphatic rings. The first-order valence-electron chi connectivity index (χ1n) is 6.00. The summed E-state index contributed by atoms with van der Waals surface area (Å²) in [5.41, 5.74) is 9.05. The van der Waals surface area contributed by atoms with Crippen LogP contribution in [0.4, 0.5) is 5.69 Å². The molecule has 0 aromatic heterocycles. The zero-order chi connectivity index (χ0) is 12.0. The number of hydrogen-bond acceptors (Lipinski definition) is 2. The molecule has 1 amide bonds. The molecule has 3 nitrogen and oxygen atoms in total. The molecule has 3 N–H and O–H groups in total. The standard InChI is InChI=1S/C13H15ClN2O/c14-9-5-8-6-11(17)16-12(8)10(7-9)13(15)3-1-2-4-13/h5,7H,1-4,6,15H2,(H,16,17). The molecule has 1 aliphatic carbocycles. The van der Waals surface area contributed by atoms with Crippen LogP contribution in [0.15, 0.2) is 12.1 Å². The van der Waals surface area contributed by atoms with Crippen LogP contribution in [0.1, 0.15) is 36.8 Å². The summed E-state index contributed by atoms with van der Waals surface area (Å²) >= 11 is 6.12. The summed E-state index contributed by atoms with van der Waals surface area (Å²) in [7, 11) is 0. The first-order chi connectivity index (χ1) is 8.08. The molecule has 0 bridgehead atoms. The lowest BCUT2D eigenvalue weighted by Gasteiger charge is -2.27. The first-order valence-corrected chi connectivity index (χ1v) is 6.38. The van der Waals surface area contributed by atoms with E-state index < -0.39 is 0 Å². The van der Waals surface area contributed by atoms with Gasteiger partial charge in [-0.3, -0.25) is 4.79 Å². The lowest BCUT2D eigenvalue weighted by molar-refractivity contribution is -0.115. The normalized spacial score (nSPS) is 21.4. The smallest absolute Gasteiger partial charge is 0.228 e. The van der Waals surface area contributed by atoms with Gasteiger partial charge in [-0.2, -0.15) is 0 Å². The lowest BCUT2D eigenvalue weighted by atomic mass is 9.87. The van der Waals surface area contributed by atoms with E-state index >= 15 is 0 Å². The molecule has 17 heavy (non-hydrogen) atoms. The molecule has 3 rings (SSSR count). The molecule has 90 valence electrons. The van der Waals surface area contributed by atoms with Crippen LogP contribution >= 0.6 is 11.6 Å². The van der Waals surface area contributed by atoms with Crippen molar-refractivity contribution in [1.29, 1.82) is 0 Å². The molecule has 1 saturated carbocycles. The van der Waals surface area contributed by atoms with Crippen molar-refractivity contribution in [1.82, 2.24) is 0 Å². The molecule has 1 heterocycles. The number of nitrogens with two attached hydrogens (primary N) is 1. The Labute approximate surface area is 105 Å². The van der Waals surface area contributed by atoms with Crippen molar-refractivity contribution >= 4 is 23.2 Å². The third-order valence-electron chi connectivity index (χ3n) is 3.83. The third-order valence-corrected chi connectivity index (χ3v) is 4.05. The second-order valence-corrected chi connectivity index (χ2v) is 5.51. The highest BCUT2D eigenvalue weighted by atomic mass is 35.5. The molecule has 1 aromatic carbocycles.